The van der Waals surface area contributed by atoms with Gasteiger partial charge in [-0.05, 0) is 42.7 Å². The van der Waals surface area contributed by atoms with Crippen molar-refractivity contribution in [2.45, 2.75) is 19.9 Å². The fourth-order valence-corrected chi connectivity index (χ4v) is 3.83. The van der Waals surface area contributed by atoms with E-state index in [9.17, 15) is 4.79 Å². The Morgan fingerprint density at radius 3 is 2.39 bits per heavy atom. The number of carbonyl (C=O) groups excluding carboxylic acids is 1. The Morgan fingerprint density at radius 2 is 1.74 bits per heavy atom. The maximum atomic E-state index is 12.6. The Morgan fingerprint density at radius 1 is 1.06 bits per heavy atom. The van der Waals surface area contributed by atoms with Gasteiger partial charge in [0.1, 0.15) is 5.75 Å². The fourth-order valence-electron chi connectivity index (χ4n) is 3.83. The van der Waals surface area contributed by atoms with E-state index in [0.717, 1.165) is 35.5 Å². The lowest BCUT2D eigenvalue weighted by Gasteiger charge is -2.35. The van der Waals surface area contributed by atoms with Crippen molar-refractivity contribution in [1.29, 1.82) is 0 Å². The number of rotatable bonds is 9. The summed E-state index contributed by atoms with van der Waals surface area (Å²) >= 11 is 0. The summed E-state index contributed by atoms with van der Waals surface area (Å²) < 4.78 is 22.1. The zero-order valence-corrected chi connectivity index (χ0v) is 18.8. The molecule has 0 spiro atoms. The third kappa shape index (κ3) is 5.89. The third-order valence-corrected chi connectivity index (χ3v) is 5.53. The highest BCUT2D eigenvalue weighted by atomic mass is 16.5. The Labute approximate surface area is 184 Å². The number of morpholine rings is 1. The normalized spacial score (nSPS) is 15.2. The number of ether oxygens (including phenoxy) is 4. The van der Waals surface area contributed by atoms with Crippen molar-refractivity contribution in [2.75, 3.05) is 53.7 Å². The summed E-state index contributed by atoms with van der Waals surface area (Å²) in [5.74, 6) is 1.96. The van der Waals surface area contributed by atoms with Crippen LogP contribution < -0.4 is 19.5 Å². The van der Waals surface area contributed by atoms with E-state index in [1.807, 2.05) is 50.2 Å². The van der Waals surface area contributed by atoms with Gasteiger partial charge in [-0.25, -0.2) is 0 Å². The molecular weight excluding hydrogens is 396 g/mol. The van der Waals surface area contributed by atoms with Crippen LogP contribution in [0.4, 0.5) is 0 Å². The van der Waals surface area contributed by atoms with Gasteiger partial charge in [-0.3, -0.25) is 9.69 Å². The Kier molecular flexibility index (Phi) is 8.14. The van der Waals surface area contributed by atoms with Crippen LogP contribution >= 0.6 is 0 Å². The first kappa shape index (κ1) is 22.9. The zero-order valence-electron chi connectivity index (χ0n) is 18.8. The van der Waals surface area contributed by atoms with Crippen LogP contribution in [0, 0.1) is 13.8 Å². The SMILES string of the molecule is COc1ccc(C(CNC(=O)COc2c(C)cccc2C)N2CCOCC2)cc1OC. The topological polar surface area (TPSA) is 69.3 Å². The molecule has 1 heterocycles. The molecule has 1 aliphatic rings. The Bertz CT molecular complexity index is 860. The number of benzene rings is 2. The predicted octanol–water partition coefficient (Wildman–Crippen LogP) is 2.89. The molecule has 1 N–H and O–H groups in total. The lowest BCUT2D eigenvalue weighted by atomic mass is 10.0. The number of carbonyl (C=O) groups is 1. The van der Waals surface area contributed by atoms with E-state index >= 15 is 0 Å². The van der Waals surface area contributed by atoms with Crippen molar-refractivity contribution in [2.24, 2.45) is 0 Å². The molecule has 168 valence electrons. The molecule has 1 atom stereocenters. The van der Waals surface area contributed by atoms with E-state index in [1.165, 1.54) is 0 Å². The highest BCUT2D eigenvalue weighted by Crippen LogP contribution is 2.32. The highest BCUT2D eigenvalue weighted by molar-refractivity contribution is 5.77. The van der Waals surface area contributed by atoms with Gasteiger partial charge in [0.2, 0.25) is 0 Å². The van der Waals surface area contributed by atoms with Crippen LogP contribution in [0.15, 0.2) is 36.4 Å². The minimum absolute atomic E-state index is 0.00662. The summed E-state index contributed by atoms with van der Waals surface area (Å²) in [6.07, 6.45) is 0. The molecule has 2 aromatic rings. The van der Waals surface area contributed by atoms with Crippen molar-refractivity contribution in [1.82, 2.24) is 10.2 Å². The number of para-hydroxylation sites is 1. The molecule has 1 unspecified atom stereocenters. The van der Waals surface area contributed by atoms with E-state index in [1.54, 1.807) is 14.2 Å². The van der Waals surface area contributed by atoms with Crippen molar-refractivity contribution >= 4 is 5.91 Å². The monoisotopic (exact) mass is 428 g/mol. The van der Waals surface area contributed by atoms with Gasteiger partial charge in [-0.2, -0.15) is 0 Å². The average molecular weight is 429 g/mol. The lowest BCUT2D eigenvalue weighted by Crippen LogP contribution is -2.44. The number of hydrogen-bond donors (Lipinski definition) is 1. The van der Waals surface area contributed by atoms with Crippen LogP contribution in [0.3, 0.4) is 0 Å². The van der Waals surface area contributed by atoms with Crippen molar-refractivity contribution < 1.29 is 23.7 Å². The summed E-state index contributed by atoms with van der Waals surface area (Å²) in [5.41, 5.74) is 3.09. The van der Waals surface area contributed by atoms with Gasteiger partial charge >= 0.3 is 0 Å². The second-order valence-corrected chi connectivity index (χ2v) is 7.59. The van der Waals surface area contributed by atoms with Crippen LogP contribution in [-0.2, 0) is 9.53 Å². The molecule has 0 saturated carbocycles. The highest BCUT2D eigenvalue weighted by Gasteiger charge is 2.24. The molecule has 1 fully saturated rings. The summed E-state index contributed by atoms with van der Waals surface area (Å²) in [7, 11) is 3.24. The molecule has 0 aliphatic carbocycles. The standard InChI is InChI=1S/C24H32N2O5/c1-17-6-5-7-18(2)24(17)31-16-23(27)25-15-20(26-10-12-30-13-11-26)19-8-9-21(28-3)22(14-19)29-4/h5-9,14,20H,10-13,15-16H2,1-4H3,(H,25,27). The van der Waals surface area contributed by atoms with E-state index < -0.39 is 0 Å². The van der Waals surface area contributed by atoms with Gasteiger partial charge < -0.3 is 24.3 Å². The molecule has 1 amide bonds. The van der Waals surface area contributed by atoms with Crippen molar-refractivity contribution in [3.05, 3.63) is 53.1 Å². The molecule has 7 heteroatoms. The number of aryl methyl sites for hydroxylation is 2. The largest absolute Gasteiger partial charge is 0.493 e. The molecule has 7 nitrogen and oxygen atoms in total. The zero-order chi connectivity index (χ0) is 22.2. The minimum Gasteiger partial charge on any atom is -0.493 e. The molecule has 1 aliphatic heterocycles. The lowest BCUT2D eigenvalue weighted by molar-refractivity contribution is -0.123. The number of hydrogen-bond acceptors (Lipinski definition) is 6. The van der Waals surface area contributed by atoms with Gasteiger partial charge in [-0.15, -0.1) is 0 Å². The third-order valence-electron chi connectivity index (χ3n) is 5.53. The van der Waals surface area contributed by atoms with Crippen LogP contribution in [0.2, 0.25) is 0 Å². The van der Waals surface area contributed by atoms with Crippen LogP contribution in [0.25, 0.3) is 0 Å². The minimum atomic E-state index is -0.151. The van der Waals surface area contributed by atoms with E-state index in [-0.39, 0.29) is 18.6 Å². The van der Waals surface area contributed by atoms with Gasteiger partial charge in [0.05, 0.1) is 33.5 Å². The van der Waals surface area contributed by atoms with Gasteiger partial charge in [-0.1, -0.05) is 24.3 Å². The molecule has 31 heavy (non-hydrogen) atoms. The van der Waals surface area contributed by atoms with Crippen molar-refractivity contribution in [3.63, 3.8) is 0 Å². The molecule has 2 aromatic carbocycles. The quantitative estimate of drug-likeness (QED) is 0.662. The first-order valence-electron chi connectivity index (χ1n) is 10.5. The van der Waals surface area contributed by atoms with Gasteiger partial charge in [0.25, 0.3) is 5.91 Å². The Hall–Kier alpha value is -2.77. The van der Waals surface area contributed by atoms with E-state index in [2.05, 4.69) is 10.2 Å². The number of amides is 1. The smallest absolute Gasteiger partial charge is 0.258 e. The fraction of sp³-hybridized carbons (Fsp3) is 0.458. The number of nitrogens with one attached hydrogen (secondary N) is 1. The predicted molar refractivity (Wildman–Crippen MR) is 119 cm³/mol. The first-order valence-corrected chi connectivity index (χ1v) is 10.5. The summed E-state index contributed by atoms with van der Waals surface area (Å²) in [5, 5.41) is 3.04. The molecule has 0 aromatic heterocycles. The second-order valence-electron chi connectivity index (χ2n) is 7.59. The molecular formula is C24H32N2O5. The van der Waals surface area contributed by atoms with Crippen LogP contribution in [0.5, 0.6) is 17.2 Å². The number of methoxy groups -OCH3 is 2. The molecule has 0 radical (unpaired) electrons. The Balaban J connectivity index is 1.68. The maximum Gasteiger partial charge on any atom is 0.258 e. The van der Waals surface area contributed by atoms with Gasteiger partial charge in [0, 0.05) is 19.6 Å². The van der Waals surface area contributed by atoms with E-state index in [0.29, 0.717) is 31.3 Å². The number of nitrogens with zero attached hydrogens (tertiary/aromatic N) is 1. The van der Waals surface area contributed by atoms with Crippen LogP contribution in [-0.4, -0.2) is 64.5 Å². The first-order chi connectivity index (χ1) is 15.0. The summed E-state index contributed by atoms with van der Waals surface area (Å²) in [4.78, 5) is 14.9. The molecule has 1 saturated heterocycles. The van der Waals surface area contributed by atoms with Gasteiger partial charge in [0.15, 0.2) is 18.1 Å². The average Bonchev–Trinajstić information content (AvgIpc) is 2.79. The van der Waals surface area contributed by atoms with Crippen LogP contribution in [0.1, 0.15) is 22.7 Å². The second kappa shape index (κ2) is 11.0. The molecule has 0 bridgehead atoms. The summed E-state index contributed by atoms with van der Waals surface area (Å²) in [6, 6.07) is 11.8. The summed E-state index contributed by atoms with van der Waals surface area (Å²) in [6.45, 7) is 7.35. The molecule has 3 rings (SSSR count). The van der Waals surface area contributed by atoms with Crippen molar-refractivity contribution in [3.8, 4) is 17.2 Å². The van der Waals surface area contributed by atoms with E-state index in [4.69, 9.17) is 18.9 Å². The maximum absolute atomic E-state index is 12.6.